The van der Waals surface area contributed by atoms with Crippen LogP contribution in [0.15, 0.2) is 18.2 Å². The Bertz CT molecular complexity index is 490. The highest BCUT2D eigenvalue weighted by Crippen LogP contribution is 2.25. The predicted molar refractivity (Wildman–Crippen MR) is 74.5 cm³/mol. The number of fused-ring (bicyclic) bond motifs is 1. The molecule has 1 fully saturated rings. The summed E-state index contributed by atoms with van der Waals surface area (Å²) in [4.78, 5) is 12.2. The van der Waals surface area contributed by atoms with E-state index in [1.807, 2.05) is 25.1 Å². The molecule has 5 nitrogen and oxygen atoms in total. The summed E-state index contributed by atoms with van der Waals surface area (Å²) in [5.41, 5.74) is 3.29. The summed E-state index contributed by atoms with van der Waals surface area (Å²) >= 11 is 0. The molecule has 3 rings (SSSR count). The van der Waals surface area contributed by atoms with Crippen molar-refractivity contribution in [3.8, 4) is 0 Å². The number of hydrogen-bond donors (Lipinski definition) is 3. The smallest absolute Gasteiger partial charge is 0.244 e. The summed E-state index contributed by atoms with van der Waals surface area (Å²) in [5, 5.41) is 9.46. The monoisotopic (exact) mass is 261 g/mol. The van der Waals surface area contributed by atoms with Crippen LogP contribution in [-0.2, 0) is 16.0 Å². The highest BCUT2D eigenvalue weighted by atomic mass is 16.5. The summed E-state index contributed by atoms with van der Waals surface area (Å²) in [6.45, 7) is 4.27. The van der Waals surface area contributed by atoms with Gasteiger partial charge in [0, 0.05) is 24.5 Å². The van der Waals surface area contributed by atoms with Gasteiger partial charge in [-0.05, 0) is 37.1 Å². The van der Waals surface area contributed by atoms with Crippen LogP contribution >= 0.6 is 0 Å². The van der Waals surface area contributed by atoms with Gasteiger partial charge < -0.3 is 20.7 Å². The average molecular weight is 261 g/mol. The van der Waals surface area contributed by atoms with E-state index in [1.165, 1.54) is 11.3 Å². The molecule has 102 valence electrons. The van der Waals surface area contributed by atoms with Gasteiger partial charge in [-0.15, -0.1) is 0 Å². The summed E-state index contributed by atoms with van der Waals surface area (Å²) in [5.74, 6) is -0.0295. The molecule has 0 aromatic heterocycles. The molecule has 0 unspecified atom stereocenters. The van der Waals surface area contributed by atoms with Gasteiger partial charge >= 0.3 is 0 Å². The normalized spacial score (nSPS) is 25.5. The third kappa shape index (κ3) is 2.57. The van der Waals surface area contributed by atoms with E-state index in [4.69, 9.17) is 4.74 Å². The largest absolute Gasteiger partial charge is 0.384 e. The lowest BCUT2D eigenvalue weighted by Gasteiger charge is -2.29. The summed E-state index contributed by atoms with van der Waals surface area (Å²) in [6, 6.07) is 5.72. The lowest BCUT2D eigenvalue weighted by Crippen LogP contribution is -2.53. The molecule has 1 aromatic carbocycles. The highest BCUT2D eigenvalue weighted by molar-refractivity contribution is 5.95. The van der Waals surface area contributed by atoms with Gasteiger partial charge in [0.25, 0.3) is 0 Å². The van der Waals surface area contributed by atoms with Crippen LogP contribution in [0.3, 0.4) is 0 Å². The first-order chi connectivity index (χ1) is 9.24. The highest BCUT2D eigenvalue weighted by Gasteiger charge is 2.28. The van der Waals surface area contributed by atoms with Crippen LogP contribution in [0.2, 0.25) is 0 Å². The molecule has 5 heteroatoms. The van der Waals surface area contributed by atoms with Crippen molar-refractivity contribution in [2.75, 3.05) is 30.3 Å². The zero-order valence-electron chi connectivity index (χ0n) is 11.0. The average Bonchev–Trinajstić information content (AvgIpc) is 2.86. The molecule has 2 aliphatic heterocycles. The molecule has 2 heterocycles. The molecule has 0 radical (unpaired) electrons. The molecular formula is C14H19N3O2. The molecule has 2 atom stereocenters. The van der Waals surface area contributed by atoms with Crippen molar-refractivity contribution in [3.05, 3.63) is 23.8 Å². The minimum atomic E-state index is -0.278. The van der Waals surface area contributed by atoms with Crippen molar-refractivity contribution in [3.63, 3.8) is 0 Å². The van der Waals surface area contributed by atoms with Gasteiger partial charge in [-0.3, -0.25) is 4.79 Å². The van der Waals surface area contributed by atoms with Crippen LogP contribution < -0.4 is 16.0 Å². The van der Waals surface area contributed by atoms with Crippen molar-refractivity contribution >= 4 is 17.3 Å². The van der Waals surface area contributed by atoms with E-state index < -0.39 is 0 Å². The van der Waals surface area contributed by atoms with E-state index in [0.29, 0.717) is 6.61 Å². The van der Waals surface area contributed by atoms with Gasteiger partial charge in [-0.2, -0.15) is 0 Å². The number of benzene rings is 1. The molecule has 1 amide bonds. The number of ether oxygens (including phenoxy) is 1. The second kappa shape index (κ2) is 5.19. The Kier molecular flexibility index (Phi) is 3.40. The van der Waals surface area contributed by atoms with Gasteiger partial charge in [0.15, 0.2) is 0 Å². The second-order valence-electron chi connectivity index (χ2n) is 5.05. The Morgan fingerprint density at radius 1 is 1.42 bits per heavy atom. The maximum atomic E-state index is 12.2. The van der Waals surface area contributed by atoms with Gasteiger partial charge in [0.05, 0.1) is 12.7 Å². The van der Waals surface area contributed by atoms with Crippen LogP contribution in [0, 0.1) is 0 Å². The lowest BCUT2D eigenvalue weighted by molar-refractivity contribution is -0.123. The van der Waals surface area contributed by atoms with Crippen LogP contribution in [0.25, 0.3) is 0 Å². The number of nitrogens with one attached hydrogen (secondary N) is 3. The van der Waals surface area contributed by atoms with Crippen LogP contribution in [0.4, 0.5) is 11.4 Å². The molecular weight excluding hydrogens is 242 g/mol. The van der Waals surface area contributed by atoms with E-state index in [-0.39, 0.29) is 18.1 Å². The third-order valence-electron chi connectivity index (χ3n) is 3.68. The van der Waals surface area contributed by atoms with E-state index in [1.54, 1.807) is 0 Å². The SMILES string of the molecule is C[C@H]1OCCN[C@@H]1C(=O)Nc1ccc2c(c1)CCN2. The zero-order chi connectivity index (χ0) is 13.2. The third-order valence-corrected chi connectivity index (χ3v) is 3.68. The Hall–Kier alpha value is -1.59. The van der Waals surface area contributed by atoms with E-state index in [2.05, 4.69) is 16.0 Å². The topological polar surface area (TPSA) is 62.4 Å². The second-order valence-corrected chi connectivity index (χ2v) is 5.05. The molecule has 19 heavy (non-hydrogen) atoms. The van der Waals surface area contributed by atoms with E-state index in [9.17, 15) is 4.79 Å². The van der Waals surface area contributed by atoms with Gasteiger partial charge in [0.1, 0.15) is 6.04 Å². The van der Waals surface area contributed by atoms with Crippen LogP contribution in [0.1, 0.15) is 12.5 Å². The number of anilines is 2. The fourth-order valence-corrected chi connectivity index (χ4v) is 2.63. The molecule has 1 saturated heterocycles. The van der Waals surface area contributed by atoms with Gasteiger partial charge in [0.2, 0.25) is 5.91 Å². The Balaban J connectivity index is 1.69. The van der Waals surface area contributed by atoms with Crippen molar-refractivity contribution in [1.29, 1.82) is 0 Å². The Morgan fingerprint density at radius 3 is 3.16 bits per heavy atom. The number of carbonyl (C=O) groups excluding carboxylic acids is 1. The van der Waals surface area contributed by atoms with Crippen molar-refractivity contribution in [1.82, 2.24) is 5.32 Å². The molecule has 3 N–H and O–H groups in total. The van der Waals surface area contributed by atoms with E-state index in [0.717, 1.165) is 25.2 Å². The number of rotatable bonds is 2. The molecule has 0 aliphatic carbocycles. The summed E-state index contributed by atoms with van der Waals surface area (Å²) in [6.07, 6.45) is 0.921. The van der Waals surface area contributed by atoms with Gasteiger partial charge in [-0.25, -0.2) is 0 Å². The zero-order valence-corrected chi connectivity index (χ0v) is 11.0. The predicted octanol–water partition coefficient (Wildman–Crippen LogP) is 0.970. The van der Waals surface area contributed by atoms with Crippen LogP contribution in [0.5, 0.6) is 0 Å². The minimum Gasteiger partial charge on any atom is -0.384 e. The first-order valence-electron chi connectivity index (χ1n) is 6.77. The lowest BCUT2D eigenvalue weighted by atomic mass is 10.1. The first-order valence-corrected chi connectivity index (χ1v) is 6.77. The fourth-order valence-electron chi connectivity index (χ4n) is 2.63. The Labute approximate surface area is 112 Å². The maximum Gasteiger partial charge on any atom is 0.244 e. The summed E-state index contributed by atoms with van der Waals surface area (Å²) in [7, 11) is 0. The molecule has 2 aliphatic rings. The molecule has 0 bridgehead atoms. The standard InChI is InChI=1S/C14H19N3O2/c1-9-13(16-6-7-19-9)14(18)17-11-2-3-12-10(8-11)4-5-15-12/h2-3,8-9,13,15-16H,4-7H2,1H3,(H,17,18)/t9-,13+/m1/s1. The molecule has 1 aromatic rings. The maximum absolute atomic E-state index is 12.2. The van der Waals surface area contributed by atoms with Crippen molar-refractivity contribution in [2.24, 2.45) is 0 Å². The van der Waals surface area contributed by atoms with Crippen LogP contribution in [-0.4, -0.2) is 37.7 Å². The minimum absolute atomic E-state index is 0.0295. The van der Waals surface area contributed by atoms with Crippen molar-refractivity contribution in [2.45, 2.75) is 25.5 Å². The quantitative estimate of drug-likeness (QED) is 0.742. The van der Waals surface area contributed by atoms with E-state index >= 15 is 0 Å². The number of hydrogen-bond acceptors (Lipinski definition) is 4. The number of carbonyl (C=O) groups is 1. The fraction of sp³-hybridized carbons (Fsp3) is 0.500. The Morgan fingerprint density at radius 2 is 2.32 bits per heavy atom. The first kappa shape index (κ1) is 12.4. The molecule has 0 saturated carbocycles. The summed E-state index contributed by atoms with van der Waals surface area (Å²) < 4.78 is 5.49. The number of amides is 1. The van der Waals surface area contributed by atoms with Crippen molar-refractivity contribution < 1.29 is 9.53 Å². The number of morpholine rings is 1. The van der Waals surface area contributed by atoms with Gasteiger partial charge in [-0.1, -0.05) is 0 Å². The molecule has 0 spiro atoms.